The molecule has 0 spiro atoms. The number of hydrogen-bond acceptors (Lipinski definition) is 6. The second-order valence-electron chi connectivity index (χ2n) is 10.3. The van der Waals surface area contributed by atoms with E-state index in [1.54, 1.807) is 19.5 Å². The number of aromatic nitrogens is 3. The maximum atomic E-state index is 12.7. The second kappa shape index (κ2) is 11.4. The van der Waals surface area contributed by atoms with Crippen LogP contribution in [0.3, 0.4) is 0 Å². The number of amides is 1. The van der Waals surface area contributed by atoms with Gasteiger partial charge in [-0.1, -0.05) is 13.8 Å². The van der Waals surface area contributed by atoms with Crippen LogP contribution in [0.5, 0.6) is 5.75 Å². The molecule has 0 aliphatic carbocycles. The zero-order chi connectivity index (χ0) is 25.8. The number of hydrogen-bond donors (Lipinski definition) is 1. The van der Waals surface area contributed by atoms with Crippen molar-refractivity contribution in [2.24, 2.45) is 5.92 Å². The second-order valence-corrected chi connectivity index (χ2v) is 10.3. The number of rotatable bonds is 9. The molecule has 3 aliphatic rings. The van der Waals surface area contributed by atoms with E-state index in [4.69, 9.17) is 14.7 Å². The van der Waals surface area contributed by atoms with Gasteiger partial charge in [0, 0.05) is 65.9 Å². The number of fused-ring (bicyclic) bond motifs is 3. The van der Waals surface area contributed by atoms with E-state index in [-0.39, 0.29) is 5.91 Å². The smallest absolute Gasteiger partial charge is 0.251 e. The Morgan fingerprint density at radius 1 is 1.11 bits per heavy atom. The molecule has 2 bridgehead atoms. The highest BCUT2D eigenvalue weighted by Gasteiger charge is 2.41. The van der Waals surface area contributed by atoms with E-state index in [2.05, 4.69) is 35.1 Å². The van der Waals surface area contributed by atoms with E-state index in [1.165, 1.54) is 12.1 Å². The van der Waals surface area contributed by atoms with Crippen molar-refractivity contribution < 1.29 is 9.53 Å². The van der Waals surface area contributed by atoms with Crippen molar-refractivity contribution in [3.63, 3.8) is 0 Å². The Morgan fingerprint density at radius 2 is 1.86 bits per heavy atom. The van der Waals surface area contributed by atoms with Gasteiger partial charge >= 0.3 is 0 Å². The lowest BCUT2D eigenvalue weighted by atomic mass is 9.74. The third-order valence-corrected chi connectivity index (χ3v) is 8.22. The van der Waals surface area contributed by atoms with Gasteiger partial charge in [0.05, 0.1) is 7.11 Å². The Morgan fingerprint density at radius 3 is 2.51 bits per heavy atom. The van der Waals surface area contributed by atoms with Crippen LogP contribution in [0.15, 0.2) is 54.9 Å². The van der Waals surface area contributed by atoms with Crippen LogP contribution >= 0.6 is 0 Å². The van der Waals surface area contributed by atoms with Crippen molar-refractivity contribution in [1.82, 2.24) is 25.2 Å². The summed E-state index contributed by atoms with van der Waals surface area (Å²) >= 11 is 0. The molecule has 3 aliphatic heterocycles. The van der Waals surface area contributed by atoms with Gasteiger partial charge in [-0.25, -0.2) is 9.97 Å². The predicted octanol–water partition coefficient (Wildman–Crippen LogP) is 5.06. The average molecular weight is 500 g/mol. The Labute approximate surface area is 219 Å². The summed E-state index contributed by atoms with van der Waals surface area (Å²) in [5, 5.41) is 3.16. The topological polar surface area (TPSA) is 80.2 Å². The van der Waals surface area contributed by atoms with Gasteiger partial charge in [-0.3, -0.25) is 14.7 Å². The van der Waals surface area contributed by atoms with Crippen molar-refractivity contribution in [1.29, 1.82) is 0 Å². The Balaban J connectivity index is 1.31. The number of pyridine rings is 1. The summed E-state index contributed by atoms with van der Waals surface area (Å²) < 4.78 is 5.20. The fraction of sp³-hybridized carbons (Fsp3) is 0.467. The molecule has 1 N–H and O–H groups in total. The minimum absolute atomic E-state index is 0.0329. The highest BCUT2D eigenvalue weighted by atomic mass is 16.5. The fourth-order valence-corrected chi connectivity index (χ4v) is 5.96. The predicted molar refractivity (Wildman–Crippen MR) is 145 cm³/mol. The lowest BCUT2D eigenvalue weighted by Gasteiger charge is -2.49. The molecule has 194 valence electrons. The molecule has 3 fully saturated rings. The first-order valence-electron chi connectivity index (χ1n) is 13.5. The number of nitrogens with zero attached hydrogens (tertiary/aromatic N) is 4. The fourth-order valence-electron chi connectivity index (χ4n) is 5.96. The summed E-state index contributed by atoms with van der Waals surface area (Å²) in [5.41, 5.74) is 4.00. The van der Waals surface area contributed by atoms with E-state index in [0.717, 1.165) is 55.2 Å². The molecule has 4 unspecified atom stereocenters. The largest absolute Gasteiger partial charge is 0.497 e. The monoisotopic (exact) mass is 499 g/mol. The molecular formula is C30H37N5O2. The van der Waals surface area contributed by atoms with Gasteiger partial charge in [0.15, 0.2) is 5.82 Å². The van der Waals surface area contributed by atoms with Crippen molar-refractivity contribution in [3.8, 4) is 17.1 Å². The molecule has 2 aromatic heterocycles. The van der Waals surface area contributed by atoms with Crippen molar-refractivity contribution >= 4 is 5.91 Å². The summed E-state index contributed by atoms with van der Waals surface area (Å²) in [6.45, 7) is 7.19. The first-order valence-corrected chi connectivity index (χ1v) is 13.5. The van der Waals surface area contributed by atoms with Crippen molar-refractivity contribution in [2.45, 2.75) is 57.4 Å². The van der Waals surface area contributed by atoms with Crippen LogP contribution in [0.2, 0.25) is 0 Å². The number of carbonyl (C=O) groups excluding carboxylic acids is 1. The third kappa shape index (κ3) is 5.52. The maximum absolute atomic E-state index is 12.7. The summed E-state index contributed by atoms with van der Waals surface area (Å²) in [4.78, 5) is 29.5. The van der Waals surface area contributed by atoms with Gasteiger partial charge in [0.25, 0.3) is 5.91 Å². The molecule has 3 aromatic rings. The molecule has 7 heteroatoms. The van der Waals surface area contributed by atoms with Crippen LogP contribution in [-0.4, -0.2) is 58.5 Å². The maximum Gasteiger partial charge on any atom is 0.251 e. The Kier molecular flexibility index (Phi) is 7.79. The summed E-state index contributed by atoms with van der Waals surface area (Å²) in [6.07, 6.45) is 7.99. The van der Waals surface area contributed by atoms with E-state index in [9.17, 15) is 4.79 Å². The van der Waals surface area contributed by atoms with Crippen molar-refractivity contribution in [2.75, 3.05) is 26.7 Å². The molecule has 1 aromatic carbocycles. The standard InChI is InChI=1S/C30H37N5O2/c1-4-20(5-2)27-17-28(34-29(33-27)21-10-13-31-14-11-21)26-19-35-15-12-23(26)16-24(35)18-32-30(36)22-6-8-25(37-3)9-7-22/h6-11,13-14,17,20,23-24,26H,4-5,12,15-16,18-19H2,1-3H3,(H,32,36). The van der Waals surface area contributed by atoms with Gasteiger partial charge in [-0.05, 0) is 80.6 Å². The lowest BCUT2D eigenvalue weighted by molar-refractivity contribution is 0.0290. The first-order chi connectivity index (χ1) is 18.1. The van der Waals surface area contributed by atoms with E-state index in [0.29, 0.717) is 35.9 Å². The van der Waals surface area contributed by atoms with Crippen molar-refractivity contribution in [3.05, 3.63) is 71.8 Å². The van der Waals surface area contributed by atoms with Gasteiger partial charge in [-0.15, -0.1) is 0 Å². The number of ether oxygens (including phenoxy) is 1. The number of carbonyl (C=O) groups is 1. The van der Waals surface area contributed by atoms with Gasteiger partial charge in [0.2, 0.25) is 0 Å². The van der Waals surface area contributed by atoms with Crippen LogP contribution in [0, 0.1) is 5.92 Å². The Bertz CT molecular complexity index is 1200. The van der Waals surface area contributed by atoms with Crippen LogP contribution in [0.1, 0.15) is 73.1 Å². The number of benzene rings is 1. The van der Waals surface area contributed by atoms with Crippen LogP contribution < -0.4 is 10.1 Å². The average Bonchev–Trinajstić information content (AvgIpc) is 2.97. The molecule has 37 heavy (non-hydrogen) atoms. The minimum Gasteiger partial charge on any atom is -0.497 e. The molecule has 7 nitrogen and oxygen atoms in total. The lowest BCUT2D eigenvalue weighted by Crippen LogP contribution is -2.56. The summed E-state index contributed by atoms with van der Waals surface area (Å²) in [5.74, 6) is 2.91. The molecule has 0 saturated carbocycles. The highest BCUT2D eigenvalue weighted by molar-refractivity contribution is 5.94. The molecular weight excluding hydrogens is 462 g/mol. The van der Waals surface area contributed by atoms with E-state index in [1.807, 2.05) is 36.4 Å². The van der Waals surface area contributed by atoms with Crippen LogP contribution in [0.4, 0.5) is 0 Å². The zero-order valence-electron chi connectivity index (χ0n) is 22.1. The first kappa shape index (κ1) is 25.3. The summed E-state index contributed by atoms with van der Waals surface area (Å²) in [7, 11) is 1.63. The van der Waals surface area contributed by atoms with Crippen LogP contribution in [0.25, 0.3) is 11.4 Å². The number of nitrogens with one attached hydrogen (secondary N) is 1. The van der Waals surface area contributed by atoms with Gasteiger partial charge in [-0.2, -0.15) is 0 Å². The SMILES string of the molecule is CCC(CC)c1cc(C2CN3CCC2CC3CNC(=O)c2ccc(OC)cc2)nc(-c2ccncc2)n1. The molecule has 4 atom stereocenters. The quantitative estimate of drug-likeness (QED) is 0.443. The summed E-state index contributed by atoms with van der Waals surface area (Å²) in [6, 6.07) is 13.9. The molecule has 6 rings (SSSR count). The van der Waals surface area contributed by atoms with E-state index < -0.39 is 0 Å². The van der Waals surface area contributed by atoms with Crippen LogP contribution in [-0.2, 0) is 0 Å². The third-order valence-electron chi connectivity index (χ3n) is 8.22. The molecule has 5 heterocycles. The zero-order valence-corrected chi connectivity index (χ0v) is 22.1. The van der Waals surface area contributed by atoms with E-state index >= 15 is 0 Å². The molecule has 3 saturated heterocycles. The number of methoxy groups -OCH3 is 1. The molecule has 1 amide bonds. The normalized spacial score (nSPS) is 22.7. The molecule has 0 radical (unpaired) electrons. The highest BCUT2D eigenvalue weighted by Crippen LogP contribution is 2.42. The minimum atomic E-state index is -0.0329. The number of piperidine rings is 3. The van der Waals surface area contributed by atoms with Gasteiger partial charge < -0.3 is 10.1 Å². The van der Waals surface area contributed by atoms with Gasteiger partial charge in [0.1, 0.15) is 5.75 Å². The Hall–Kier alpha value is -3.32.